The zero-order valence-corrected chi connectivity index (χ0v) is 35.7. The number of fused-ring (bicyclic) bond motifs is 5. The van der Waals surface area contributed by atoms with Crippen LogP contribution in [0.2, 0.25) is 0 Å². The topological polar surface area (TPSA) is 3.24 Å². The molecule has 0 heterocycles. The highest BCUT2D eigenvalue weighted by Crippen LogP contribution is 2.53. The highest BCUT2D eigenvalue weighted by atomic mass is 15.1. The van der Waals surface area contributed by atoms with Crippen LogP contribution in [0, 0.1) is 13.8 Å². The number of hydrogen-bond donors (Lipinski definition) is 0. The second kappa shape index (κ2) is 14.9. The Bertz CT molecular complexity index is 3180. The first-order valence-corrected chi connectivity index (χ1v) is 21.7. The Hall–Kier alpha value is -7.48. The lowest BCUT2D eigenvalue weighted by Crippen LogP contribution is -2.16. The SMILES string of the molecule is Cc1cccc(N(c2cccc(C)c2)c2ccc3c(c2)C(C)(C)c2cc(-c4c5ccccc5c(-c5cc(-c6ccccc6)cc(-c6ccccc6)c5)c5ccccc45)ccc2-3)c1. The molecule has 0 amide bonds. The van der Waals surface area contributed by atoms with Crippen molar-refractivity contribution < 1.29 is 0 Å². The van der Waals surface area contributed by atoms with Gasteiger partial charge in [0.15, 0.2) is 0 Å². The normalized spacial score (nSPS) is 12.6. The molecule has 1 aliphatic rings. The van der Waals surface area contributed by atoms with E-state index in [4.69, 9.17) is 0 Å². The van der Waals surface area contributed by atoms with Crippen LogP contribution in [0.15, 0.2) is 212 Å². The molecule has 10 aromatic rings. The molecule has 1 nitrogen and oxygen atoms in total. The van der Waals surface area contributed by atoms with Crippen LogP contribution >= 0.6 is 0 Å². The Morgan fingerprint density at radius 1 is 0.306 bits per heavy atom. The van der Waals surface area contributed by atoms with E-state index < -0.39 is 0 Å². The van der Waals surface area contributed by atoms with Gasteiger partial charge in [-0.25, -0.2) is 0 Å². The molecule has 0 unspecified atom stereocenters. The quantitative estimate of drug-likeness (QED) is 0.145. The van der Waals surface area contributed by atoms with Crippen LogP contribution in [-0.4, -0.2) is 0 Å². The van der Waals surface area contributed by atoms with Crippen LogP contribution in [0.4, 0.5) is 17.1 Å². The summed E-state index contributed by atoms with van der Waals surface area (Å²) in [5, 5.41) is 5.03. The largest absolute Gasteiger partial charge is 0.310 e. The fraction of sp³-hybridized carbons (Fsp3) is 0.0820. The van der Waals surface area contributed by atoms with E-state index in [-0.39, 0.29) is 5.41 Å². The number of aryl methyl sites for hydroxylation is 2. The average molecular weight is 794 g/mol. The van der Waals surface area contributed by atoms with Crippen molar-refractivity contribution in [2.75, 3.05) is 4.90 Å². The van der Waals surface area contributed by atoms with E-state index in [1.165, 1.54) is 105 Å². The predicted molar refractivity (Wildman–Crippen MR) is 265 cm³/mol. The highest BCUT2D eigenvalue weighted by Gasteiger charge is 2.36. The standard InChI is InChI=1S/C61H47N/c1-40-17-15-23-48(33-40)62(49-24-16-18-41(2)34-49)50-30-32-52-51-31-29-44(38-57(51)61(3,4)58(52)39-50)59-53-25-11-13-27-55(53)60(56-28-14-12-26-54(56)59)47-36-45(42-19-7-5-8-20-42)35-46(37-47)43-21-9-6-10-22-43/h5-39H,1-4H3. The number of hydrogen-bond acceptors (Lipinski definition) is 1. The van der Waals surface area contributed by atoms with E-state index in [1.54, 1.807) is 0 Å². The minimum absolute atomic E-state index is 0.223. The van der Waals surface area contributed by atoms with Gasteiger partial charge in [-0.3, -0.25) is 0 Å². The van der Waals surface area contributed by atoms with Crippen LogP contribution in [0.25, 0.3) is 77.2 Å². The summed E-state index contributed by atoms with van der Waals surface area (Å²) < 4.78 is 0. The number of nitrogens with zero attached hydrogens (tertiary/aromatic N) is 1. The molecule has 0 radical (unpaired) electrons. The Morgan fingerprint density at radius 2 is 0.726 bits per heavy atom. The highest BCUT2D eigenvalue weighted by molar-refractivity contribution is 6.21. The van der Waals surface area contributed by atoms with Gasteiger partial charge in [0.2, 0.25) is 0 Å². The van der Waals surface area contributed by atoms with Crippen molar-refractivity contribution in [2.24, 2.45) is 0 Å². The summed E-state index contributed by atoms with van der Waals surface area (Å²) in [6.07, 6.45) is 0. The van der Waals surface area contributed by atoms with E-state index in [9.17, 15) is 0 Å². The summed E-state index contributed by atoms with van der Waals surface area (Å²) in [4.78, 5) is 2.41. The molecular weight excluding hydrogens is 747 g/mol. The van der Waals surface area contributed by atoms with Crippen LogP contribution in [0.1, 0.15) is 36.1 Å². The van der Waals surface area contributed by atoms with Gasteiger partial charge in [-0.05, 0) is 174 Å². The molecule has 0 fully saturated rings. The first kappa shape index (κ1) is 37.5. The van der Waals surface area contributed by atoms with Gasteiger partial charge in [0.25, 0.3) is 0 Å². The lowest BCUT2D eigenvalue weighted by molar-refractivity contribution is 0.660. The molecule has 296 valence electrons. The average Bonchev–Trinajstić information content (AvgIpc) is 3.53. The zero-order chi connectivity index (χ0) is 42.0. The Balaban J connectivity index is 1.08. The van der Waals surface area contributed by atoms with Crippen molar-refractivity contribution in [2.45, 2.75) is 33.1 Å². The molecule has 10 aromatic carbocycles. The maximum atomic E-state index is 2.49. The lowest BCUT2D eigenvalue weighted by Gasteiger charge is -2.28. The first-order chi connectivity index (χ1) is 30.3. The summed E-state index contributed by atoms with van der Waals surface area (Å²) in [6.45, 7) is 9.14. The maximum Gasteiger partial charge on any atom is 0.0465 e. The fourth-order valence-corrected chi connectivity index (χ4v) is 10.1. The van der Waals surface area contributed by atoms with Crippen molar-refractivity contribution in [3.05, 3.63) is 235 Å². The molecule has 0 atom stereocenters. The van der Waals surface area contributed by atoms with Gasteiger partial charge in [0, 0.05) is 22.5 Å². The molecule has 1 aliphatic carbocycles. The summed E-state index contributed by atoms with van der Waals surface area (Å²) in [6, 6.07) is 78.7. The fourth-order valence-electron chi connectivity index (χ4n) is 10.1. The summed E-state index contributed by atoms with van der Waals surface area (Å²) in [7, 11) is 0. The minimum Gasteiger partial charge on any atom is -0.310 e. The molecule has 62 heavy (non-hydrogen) atoms. The van der Waals surface area contributed by atoms with Gasteiger partial charge in [-0.2, -0.15) is 0 Å². The smallest absolute Gasteiger partial charge is 0.0465 e. The van der Waals surface area contributed by atoms with Crippen molar-refractivity contribution in [3.8, 4) is 55.6 Å². The van der Waals surface area contributed by atoms with E-state index >= 15 is 0 Å². The van der Waals surface area contributed by atoms with Gasteiger partial charge < -0.3 is 4.90 Å². The Morgan fingerprint density at radius 3 is 1.23 bits per heavy atom. The molecular formula is C61H47N. The van der Waals surface area contributed by atoms with Crippen LogP contribution in [0.3, 0.4) is 0 Å². The van der Waals surface area contributed by atoms with Crippen molar-refractivity contribution in [1.82, 2.24) is 0 Å². The second-order valence-electron chi connectivity index (χ2n) is 17.5. The third-order valence-corrected chi connectivity index (χ3v) is 13.1. The molecule has 1 heteroatoms. The summed E-state index contributed by atoms with van der Waals surface area (Å²) in [5.41, 5.74) is 21.0. The predicted octanol–water partition coefficient (Wildman–Crippen LogP) is 17.1. The third-order valence-electron chi connectivity index (χ3n) is 13.1. The van der Waals surface area contributed by atoms with E-state index in [2.05, 4.69) is 245 Å². The number of benzene rings is 10. The third kappa shape index (κ3) is 6.32. The molecule has 0 spiro atoms. The van der Waals surface area contributed by atoms with Gasteiger partial charge >= 0.3 is 0 Å². The van der Waals surface area contributed by atoms with Crippen molar-refractivity contribution in [1.29, 1.82) is 0 Å². The number of rotatable bonds is 7. The van der Waals surface area contributed by atoms with Crippen LogP contribution < -0.4 is 4.90 Å². The summed E-state index contributed by atoms with van der Waals surface area (Å²) in [5.74, 6) is 0. The van der Waals surface area contributed by atoms with Crippen molar-refractivity contribution >= 4 is 38.6 Å². The van der Waals surface area contributed by atoms with E-state index in [0.717, 1.165) is 11.4 Å². The van der Waals surface area contributed by atoms with E-state index in [0.29, 0.717) is 0 Å². The van der Waals surface area contributed by atoms with Gasteiger partial charge in [0.1, 0.15) is 0 Å². The van der Waals surface area contributed by atoms with Gasteiger partial charge in [-0.15, -0.1) is 0 Å². The Kier molecular flexibility index (Phi) is 9.02. The number of anilines is 3. The molecule has 11 rings (SSSR count). The van der Waals surface area contributed by atoms with E-state index in [1.807, 2.05) is 0 Å². The lowest BCUT2D eigenvalue weighted by atomic mass is 9.80. The molecule has 0 N–H and O–H groups in total. The first-order valence-electron chi connectivity index (χ1n) is 21.7. The summed E-state index contributed by atoms with van der Waals surface area (Å²) >= 11 is 0. The maximum absolute atomic E-state index is 2.49. The minimum atomic E-state index is -0.223. The molecule has 0 saturated heterocycles. The molecule has 0 aliphatic heterocycles. The van der Waals surface area contributed by atoms with Crippen LogP contribution in [0.5, 0.6) is 0 Å². The van der Waals surface area contributed by atoms with Crippen LogP contribution in [-0.2, 0) is 5.41 Å². The second-order valence-corrected chi connectivity index (χ2v) is 17.5. The van der Waals surface area contributed by atoms with Crippen molar-refractivity contribution in [3.63, 3.8) is 0 Å². The van der Waals surface area contributed by atoms with Gasteiger partial charge in [0.05, 0.1) is 0 Å². The molecule has 0 aromatic heterocycles. The Labute approximate surface area is 365 Å². The van der Waals surface area contributed by atoms with Gasteiger partial charge in [-0.1, -0.05) is 166 Å². The molecule has 0 saturated carbocycles. The monoisotopic (exact) mass is 793 g/mol. The zero-order valence-electron chi connectivity index (χ0n) is 35.7. The molecule has 0 bridgehead atoms.